The molecule has 0 saturated carbocycles. The Labute approximate surface area is 145 Å². The van der Waals surface area contributed by atoms with Crippen LogP contribution in [0.3, 0.4) is 0 Å². The summed E-state index contributed by atoms with van der Waals surface area (Å²) in [7, 11) is 0. The topological polar surface area (TPSA) is 53.4 Å². The Balaban J connectivity index is 1.73. The number of rotatable bonds is 6. The van der Waals surface area contributed by atoms with Crippen LogP contribution in [-0.4, -0.2) is 27.5 Å². The quantitative estimate of drug-likeness (QED) is 0.866. The predicted octanol–water partition coefficient (Wildman–Crippen LogP) is 3.71. The largest absolute Gasteiger partial charge is 0.481 e. The number of carboxylic acid groups (broad SMARTS) is 1. The molecule has 0 radical (unpaired) electrons. The lowest BCUT2D eigenvalue weighted by Gasteiger charge is -2.24. The number of aliphatic carboxylic acids is 1. The number of carboxylic acids is 1. The molecule has 2 heterocycles. The smallest absolute Gasteiger partial charge is 0.303 e. The van der Waals surface area contributed by atoms with E-state index in [0.29, 0.717) is 13.0 Å². The second kappa shape index (κ2) is 7.70. The van der Waals surface area contributed by atoms with E-state index in [0.717, 1.165) is 42.4 Å². The molecule has 25 heavy (non-hydrogen) atoms. The van der Waals surface area contributed by atoms with Gasteiger partial charge in [-0.2, -0.15) is 0 Å². The van der Waals surface area contributed by atoms with Crippen molar-refractivity contribution in [3.8, 4) is 0 Å². The van der Waals surface area contributed by atoms with Crippen LogP contribution in [0.15, 0.2) is 36.4 Å². The molecule has 1 aliphatic rings. The number of benzene rings is 1. The highest BCUT2D eigenvalue weighted by Crippen LogP contribution is 2.32. The van der Waals surface area contributed by atoms with Crippen molar-refractivity contribution in [3.63, 3.8) is 0 Å². The zero-order valence-corrected chi connectivity index (χ0v) is 13.8. The van der Waals surface area contributed by atoms with Gasteiger partial charge in [0.1, 0.15) is 0 Å². The number of aromatic nitrogens is 1. The Bertz CT molecular complexity index is 767. The van der Waals surface area contributed by atoms with Crippen molar-refractivity contribution in [2.24, 2.45) is 0 Å². The van der Waals surface area contributed by atoms with Gasteiger partial charge in [-0.1, -0.05) is 12.1 Å². The lowest BCUT2D eigenvalue weighted by molar-refractivity contribution is -0.136. The molecule has 0 unspecified atom stereocenters. The van der Waals surface area contributed by atoms with Gasteiger partial charge in [-0.15, -0.1) is 0 Å². The molecule has 0 aliphatic carbocycles. The van der Waals surface area contributed by atoms with Gasteiger partial charge in [-0.05, 0) is 49.2 Å². The standard InChI is InChI=1S/C19H20F2N2O2/c20-15-8-6-13(11-16(15)21)12-23-10-2-5-18(23)17-4-1-3-14(22-17)7-9-19(24)25/h1,3-4,6,8,11,18H,2,5,7,9-10,12H2,(H,24,25)/t18-/m0/s1. The summed E-state index contributed by atoms with van der Waals surface area (Å²) >= 11 is 0. The molecule has 132 valence electrons. The summed E-state index contributed by atoms with van der Waals surface area (Å²) in [6, 6.07) is 9.78. The van der Waals surface area contributed by atoms with E-state index < -0.39 is 17.6 Å². The number of pyridine rings is 1. The van der Waals surface area contributed by atoms with Crippen LogP contribution in [0.2, 0.25) is 0 Å². The maximum atomic E-state index is 13.4. The SMILES string of the molecule is O=C(O)CCc1cccc([C@@H]2CCCN2Cc2ccc(F)c(F)c2)n1. The average molecular weight is 346 g/mol. The molecule has 1 aliphatic heterocycles. The molecule has 0 spiro atoms. The van der Waals surface area contributed by atoms with Crippen molar-refractivity contribution >= 4 is 5.97 Å². The third kappa shape index (κ3) is 4.39. The molecule has 1 atom stereocenters. The first-order valence-electron chi connectivity index (χ1n) is 8.38. The summed E-state index contributed by atoms with van der Waals surface area (Å²) in [4.78, 5) is 17.5. The Hall–Kier alpha value is -2.34. The number of likely N-dealkylation sites (tertiary alicyclic amines) is 1. The average Bonchev–Trinajstić information content (AvgIpc) is 3.05. The number of halogens is 2. The lowest BCUT2D eigenvalue weighted by atomic mass is 10.1. The normalized spacial score (nSPS) is 17.8. The first-order valence-corrected chi connectivity index (χ1v) is 8.38. The molecule has 2 aromatic rings. The van der Waals surface area contributed by atoms with E-state index in [-0.39, 0.29) is 12.5 Å². The molecule has 4 nitrogen and oxygen atoms in total. The monoisotopic (exact) mass is 346 g/mol. The Morgan fingerprint density at radius 1 is 1.24 bits per heavy atom. The van der Waals surface area contributed by atoms with Crippen molar-refractivity contribution in [1.29, 1.82) is 0 Å². The van der Waals surface area contributed by atoms with Gasteiger partial charge in [-0.3, -0.25) is 14.7 Å². The second-order valence-corrected chi connectivity index (χ2v) is 6.32. The van der Waals surface area contributed by atoms with Crippen LogP contribution in [0.4, 0.5) is 8.78 Å². The number of aryl methyl sites for hydroxylation is 1. The molecule has 1 N–H and O–H groups in total. The Morgan fingerprint density at radius 2 is 2.08 bits per heavy atom. The maximum absolute atomic E-state index is 13.4. The minimum atomic E-state index is -0.840. The number of hydrogen-bond acceptors (Lipinski definition) is 3. The Kier molecular flexibility index (Phi) is 5.38. The molecule has 6 heteroatoms. The summed E-state index contributed by atoms with van der Waals surface area (Å²) in [5.74, 6) is -2.51. The third-order valence-electron chi connectivity index (χ3n) is 4.50. The van der Waals surface area contributed by atoms with Crippen LogP contribution in [-0.2, 0) is 17.8 Å². The van der Waals surface area contributed by atoms with E-state index >= 15 is 0 Å². The number of nitrogens with zero attached hydrogens (tertiary/aromatic N) is 2. The fourth-order valence-corrected chi connectivity index (χ4v) is 3.28. The third-order valence-corrected chi connectivity index (χ3v) is 4.50. The van der Waals surface area contributed by atoms with E-state index in [2.05, 4.69) is 9.88 Å². The van der Waals surface area contributed by atoms with Crippen LogP contribution < -0.4 is 0 Å². The summed E-state index contributed by atoms with van der Waals surface area (Å²) in [5, 5.41) is 8.81. The van der Waals surface area contributed by atoms with Gasteiger partial charge in [-0.25, -0.2) is 8.78 Å². The highest BCUT2D eigenvalue weighted by atomic mass is 19.2. The molecular formula is C19H20F2N2O2. The van der Waals surface area contributed by atoms with Crippen LogP contribution in [0, 0.1) is 11.6 Å². The zero-order valence-electron chi connectivity index (χ0n) is 13.8. The van der Waals surface area contributed by atoms with Gasteiger partial charge in [0.05, 0.1) is 18.2 Å². The fourth-order valence-electron chi connectivity index (χ4n) is 3.28. The number of hydrogen-bond donors (Lipinski definition) is 1. The highest BCUT2D eigenvalue weighted by Gasteiger charge is 2.27. The summed E-state index contributed by atoms with van der Waals surface area (Å²) in [5.41, 5.74) is 2.40. The minimum Gasteiger partial charge on any atom is -0.481 e. The molecular weight excluding hydrogens is 326 g/mol. The minimum absolute atomic E-state index is 0.0552. The van der Waals surface area contributed by atoms with E-state index in [9.17, 15) is 13.6 Å². The van der Waals surface area contributed by atoms with Crippen LogP contribution in [0.1, 0.15) is 42.3 Å². The molecule has 3 rings (SSSR count). The van der Waals surface area contributed by atoms with Crippen molar-refractivity contribution in [2.45, 2.75) is 38.3 Å². The van der Waals surface area contributed by atoms with Gasteiger partial charge >= 0.3 is 5.97 Å². The first-order chi connectivity index (χ1) is 12.0. The van der Waals surface area contributed by atoms with Gasteiger partial charge in [0.2, 0.25) is 0 Å². The lowest BCUT2D eigenvalue weighted by Crippen LogP contribution is -2.23. The van der Waals surface area contributed by atoms with Crippen LogP contribution in [0.25, 0.3) is 0 Å². The van der Waals surface area contributed by atoms with Gasteiger partial charge in [0.15, 0.2) is 11.6 Å². The fraction of sp³-hybridized carbons (Fsp3) is 0.368. The summed E-state index contributed by atoms with van der Waals surface area (Å²) in [6.45, 7) is 1.40. The number of carbonyl (C=O) groups is 1. The maximum Gasteiger partial charge on any atom is 0.303 e. The predicted molar refractivity (Wildman–Crippen MR) is 88.9 cm³/mol. The highest BCUT2D eigenvalue weighted by molar-refractivity contribution is 5.66. The van der Waals surface area contributed by atoms with Gasteiger partial charge < -0.3 is 5.11 Å². The Morgan fingerprint density at radius 3 is 2.84 bits per heavy atom. The molecule has 0 bridgehead atoms. The first kappa shape index (κ1) is 17.5. The van der Waals surface area contributed by atoms with Crippen molar-refractivity contribution in [3.05, 3.63) is 65.0 Å². The summed E-state index contributed by atoms with van der Waals surface area (Å²) in [6.07, 6.45) is 2.41. The summed E-state index contributed by atoms with van der Waals surface area (Å²) < 4.78 is 26.5. The van der Waals surface area contributed by atoms with Crippen LogP contribution in [0.5, 0.6) is 0 Å². The van der Waals surface area contributed by atoms with E-state index in [1.165, 1.54) is 6.07 Å². The van der Waals surface area contributed by atoms with E-state index in [1.54, 1.807) is 6.07 Å². The van der Waals surface area contributed by atoms with Crippen molar-refractivity contribution in [1.82, 2.24) is 9.88 Å². The molecule has 1 saturated heterocycles. The molecule has 1 aromatic heterocycles. The second-order valence-electron chi connectivity index (χ2n) is 6.32. The van der Waals surface area contributed by atoms with Crippen molar-refractivity contribution < 1.29 is 18.7 Å². The van der Waals surface area contributed by atoms with Gasteiger partial charge in [0.25, 0.3) is 0 Å². The van der Waals surface area contributed by atoms with Crippen LogP contribution >= 0.6 is 0 Å². The van der Waals surface area contributed by atoms with E-state index in [1.807, 2.05) is 18.2 Å². The zero-order chi connectivity index (χ0) is 17.8. The van der Waals surface area contributed by atoms with Crippen molar-refractivity contribution in [2.75, 3.05) is 6.54 Å². The van der Waals surface area contributed by atoms with E-state index in [4.69, 9.17) is 5.11 Å². The van der Waals surface area contributed by atoms with Gasteiger partial charge in [0, 0.05) is 18.7 Å². The molecule has 1 aromatic carbocycles. The molecule has 0 amide bonds. The molecule has 1 fully saturated rings.